The Morgan fingerprint density at radius 3 is 2.62 bits per heavy atom. The van der Waals surface area contributed by atoms with Gasteiger partial charge >= 0.3 is 0 Å². The predicted octanol–water partition coefficient (Wildman–Crippen LogP) is 1.70. The van der Waals surface area contributed by atoms with Crippen molar-refractivity contribution in [2.75, 3.05) is 7.11 Å². The van der Waals surface area contributed by atoms with Crippen LogP contribution in [0.25, 0.3) is 0 Å². The van der Waals surface area contributed by atoms with Gasteiger partial charge in [-0.15, -0.1) is 0 Å². The lowest BCUT2D eigenvalue weighted by Crippen LogP contribution is -2.11. The van der Waals surface area contributed by atoms with Gasteiger partial charge in [-0.3, -0.25) is 4.79 Å². The molecule has 5 heteroatoms. The van der Waals surface area contributed by atoms with E-state index < -0.39 is 11.7 Å². The van der Waals surface area contributed by atoms with Crippen LogP contribution < -0.4 is 10.5 Å². The van der Waals surface area contributed by atoms with Crippen LogP contribution in [0.3, 0.4) is 0 Å². The molecule has 0 atom stereocenters. The molecule has 0 aliphatic carbocycles. The molecule has 0 spiro atoms. The van der Waals surface area contributed by atoms with Crippen molar-refractivity contribution in [3.8, 4) is 5.75 Å². The molecule has 0 saturated heterocycles. The Hall–Kier alpha value is -1.10. The first kappa shape index (κ1) is 9.98. The summed E-state index contributed by atoms with van der Waals surface area (Å²) < 4.78 is 18.2. The average molecular weight is 248 g/mol. The minimum absolute atomic E-state index is 0.0602. The number of ether oxygens (including phenoxy) is 1. The first-order valence-corrected chi connectivity index (χ1v) is 4.18. The second-order valence-corrected chi connectivity index (χ2v) is 3.19. The summed E-state index contributed by atoms with van der Waals surface area (Å²) in [5.74, 6) is -1.24. The topological polar surface area (TPSA) is 52.3 Å². The van der Waals surface area contributed by atoms with Gasteiger partial charge in [0.25, 0.3) is 0 Å². The van der Waals surface area contributed by atoms with Gasteiger partial charge in [-0.05, 0) is 28.1 Å². The monoisotopic (exact) mass is 247 g/mol. The molecule has 1 amide bonds. The number of rotatable bonds is 2. The van der Waals surface area contributed by atoms with E-state index in [9.17, 15) is 9.18 Å². The molecule has 0 saturated carbocycles. The largest absolute Gasteiger partial charge is 0.492 e. The lowest BCUT2D eigenvalue weighted by molar-refractivity contribution is 0.0999. The SMILES string of the molecule is COc1c(F)cc(C(N)=O)cc1Br. The van der Waals surface area contributed by atoms with Crippen molar-refractivity contribution in [3.05, 3.63) is 28.0 Å². The van der Waals surface area contributed by atoms with Crippen molar-refractivity contribution < 1.29 is 13.9 Å². The third-order valence-corrected chi connectivity index (χ3v) is 2.08. The van der Waals surface area contributed by atoms with Gasteiger partial charge < -0.3 is 10.5 Å². The van der Waals surface area contributed by atoms with Gasteiger partial charge in [0.15, 0.2) is 11.6 Å². The Balaban J connectivity index is 3.28. The van der Waals surface area contributed by atoms with Crippen LogP contribution in [0, 0.1) is 5.82 Å². The van der Waals surface area contributed by atoms with E-state index in [1.807, 2.05) is 0 Å². The molecule has 0 bridgehead atoms. The fourth-order valence-electron chi connectivity index (χ4n) is 0.897. The molecule has 1 rings (SSSR count). The van der Waals surface area contributed by atoms with E-state index in [0.29, 0.717) is 4.47 Å². The summed E-state index contributed by atoms with van der Waals surface area (Å²) in [5.41, 5.74) is 5.08. The number of amides is 1. The van der Waals surface area contributed by atoms with E-state index in [2.05, 4.69) is 15.9 Å². The van der Waals surface area contributed by atoms with Crippen molar-refractivity contribution in [3.63, 3.8) is 0 Å². The number of methoxy groups -OCH3 is 1. The Morgan fingerprint density at radius 1 is 1.62 bits per heavy atom. The molecule has 0 aliphatic heterocycles. The van der Waals surface area contributed by atoms with E-state index in [4.69, 9.17) is 10.5 Å². The third-order valence-electron chi connectivity index (χ3n) is 1.49. The van der Waals surface area contributed by atoms with Crippen LogP contribution in [0.5, 0.6) is 5.75 Å². The highest BCUT2D eigenvalue weighted by atomic mass is 79.9. The van der Waals surface area contributed by atoms with Crippen LogP contribution in [0.4, 0.5) is 4.39 Å². The van der Waals surface area contributed by atoms with Crippen molar-refractivity contribution in [1.29, 1.82) is 0 Å². The van der Waals surface area contributed by atoms with Crippen LogP contribution in [-0.4, -0.2) is 13.0 Å². The molecular formula is C8H7BrFNO2. The Bertz CT molecular complexity index is 331. The maximum atomic E-state index is 13.1. The number of nitrogens with two attached hydrogens (primary N) is 1. The molecule has 0 fully saturated rings. The van der Waals surface area contributed by atoms with Crippen LogP contribution in [0.15, 0.2) is 16.6 Å². The number of carbonyl (C=O) groups is 1. The summed E-state index contributed by atoms with van der Waals surface area (Å²) >= 11 is 3.05. The second-order valence-electron chi connectivity index (χ2n) is 2.34. The summed E-state index contributed by atoms with van der Waals surface area (Å²) in [6.45, 7) is 0. The van der Waals surface area contributed by atoms with Gasteiger partial charge in [-0.1, -0.05) is 0 Å². The molecular weight excluding hydrogens is 241 g/mol. The molecule has 0 unspecified atom stereocenters. The molecule has 1 aromatic rings. The number of hydrogen-bond donors (Lipinski definition) is 1. The zero-order chi connectivity index (χ0) is 10.0. The highest BCUT2D eigenvalue weighted by molar-refractivity contribution is 9.10. The van der Waals surface area contributed by atoms with E-state index in [0.717, 1.165) is 6.07 Å². The fourth-order valence-corrected chi connectivity index (χ4v) is 1.50. The summed E-state index contributed by atoms with van der Waals surface area (Å²) in [6, 6.07) is 2.44. The average Bonchev–Trinajstić information content (AvgIpc) is 2.03. The molecule has 3 nitrogen and oxygen atoms in total. The molecule has 2 N–H and O–H groups in total. The maximum absolute atomic E-state index is 13.1. The molecule has 1 aromatic carbocycles. The van der Waals surface area contributed by atoms with Crippen molar-refractivity contribution in [1.82, 2.24) is 0 Å². The lowest BCUT2D eigenvalue weighted by atomic mass is 10.2. The number of hydrogen-bond acceptors (Lipinski definition) is 2. The summed E-state index contributed by atoms with van der Waals surface area (Å²) in [4.78, 5) is 10.7. The van der Waals surface area contributed by atoms with E-state index in [1.54, 1.807) is 0 Å². The van der Waals surface area contributed by atoms with Gasteiger partial charge in [0, 0.05) is 5.56 Å². The standard InChI is InChI=1S/C8H7BrFNO2/c1-13-7-5(9)2-4(8(11)12)3-6(7)10/h2-3H,1H3,(H2,11,12). The first-order valence-electron chi connectivity index (χ1n) is 3.39. The van der Waals surface area contributed by atoms with Crippen LogP contribution >= 0.6 is 15.9 Å². The van der Waals surface area contributed by atoms with Crippen molar-refractivity contribution in [2.24, 2.45) is 5.73 Å². The second kappa shape index (κ2) is 3.74. The molecule has 0 aromatic heterocycles. The normalized spacial score (nSPS) is 9.77. The third kappa shape index (κ3) is 1.98. The highest BCUT2D eigenvalue weighted by Crippen LogP contribution is 2.28. The first-order chi connectivity index (χ1) is 6.06. The smallest absolute Gasteiger partial charge is 0.248 e. The molecule has 70 valence electrons. The van der Waals surface area contributed by atoms with Crippen LogP contribution in [0.2, 0.25) is 0 Å². The van der Waals surface area contributed by atoms with Gasteiger partial charge in [0.2, 0.25) is 5.91 Å². The summed E-state index contributed by atoms with van der Waals surface area (Å²) in [5, 5.41) is 0. The van der Waals surface area contributed by atoms with E-state index >= 15 is 0 Å². The summed E-state index contributed by atoms with van der Waals surface area (Å²) in [7, 11) is 1.34. The minimum atomic E-state index is -0.678. The zero-order valence-electron chi connectivity index (χ0n) is 6.80. The summed E-state index contributed by atoms with van der Waals surface area (Å²) in [6.07, 6.45) is 0. The van der Waals surface area contributed by atoms with Crippen LogP contribution in [-0.2, 0) is 0 Å². The van der Waals surface area contributed by atoms with Crippen molar-refractivity contribution >= 4 is 21.8 Å². The minimum Gasteiger partial charge on any atom is -0.492 e. The van der Waals surface area contributed by atoms with Gasteiger partial charge in [0.1, 0.15) is 0 Å². The Kier molecular flexibility index (Phi) is 2.87. The molecule has 13 heavy (non-hydrogen) atoms. The van der Waals surface area contributed by atoms with E-state index in [1.165, 1.54) is 13.2 Å². The molecule has 0 radical (unpaired) electrons. The van der Waals surface area contributed by atoms with Gasteiger partial charge in [0.05, 0.1) is 11.6 Å². The Labute approximate surface area is 82.8 Å². The number of halogens is 2. The molecule has 0 aliphatic rings. The quantitative estimate of drug-likeness (QED) is 0.865. The molecule has 0 heterocycles. The highest BCUT2D eigenvalue weighted by Gasteiger charge is 2.11. The number of benzene rings is 1. The predicted molar refractivity (Wildman–Crippen MR) is 49.2 cm³/mol. The van der Waals surface area contributed by atoms with Gasteiger partial charge in [-0.2, -0.15) is 0 Å². The van der Waals surface area contributed by atoms with Gasteiger partial charge in [-0.25, -0.2) is 4.39 Å². The maximum Gasteiger partial charge on any atom is 0.248 e. The van der Waals surface area contributed by atoms with Crippen LogP contribution in [0.1, 0.15) is 10.4 Å². The number of primary amides is 1. The zero-order valence-corrected chi connectivity index (χ0v) is 8.39. The Morgan fingerprint density at radius 2 is 2.23 bits per heavy atom. The van der Waals surface area contributed by atoms with Crippen molar-refractivity contribution in [2.45, 2.75) is 0 Å². The fraction of sp³-hybridized carbons (Fsp3) is 0.125. The lowest BCUT2D eigenvalue weighted by Gasteiger charge is -2.05. The van der Waals surface area contributed by atoms with E-state index in [-0.39, 0.29) is 11.3 Å². The number of carbonyl (C=O) groups excluding carboxylic acids is 1.